The van der Waals surface area contributed by atoms with E-state index in [1.165, 1.54) is 0 Å². The molecule has 0 atom stereocenters. The van der Waals surface area contributed by atoms with Gasteiger partial charge in [-0.25, -0.2) is 0 Å². The number of rotatable bonds is 4. The van der Waals surface area contributed by atoms with Gasteiger partial charge in [-0.1, -0.05) is 13.8 Å². The van der Waals surface area contributed by atoms with E-state index in [1.54, 1.807) is 12.4 Å². The first kappa shape index (κ1) is 11.9. The van der Waals surface area contributed by atoms with Crippen molar-refractivity contribution < 1.29 is 0 Å². The third kappa shape index (κ3) is 5.32. The molecule has 1 aromatic heterocycles. The highest BCUT2D eigenvalue weighted by atomic mass is 32.1. The summed E-state index contributed by atoms with van der Waals surface area (Å²) in [5, 5.41) is 6.93. The molecule has 0 saturated heterocycles. The monoisotopic (exact) mass is 223 g/mol. The Bertz CT molecular complexity index is 298. The normalized spacial score (nSPS) is 10.1. The SMILES string of the molecule is CC(C)CCNC(=S)Nc1ccncc1. The molecule has 0 aliphatic heterocycles. The highest BCUT2D eigenvalue weighted by molar-refractivity contribution is 7.80. The molecule has 15 heavy (non-hydrogen) atoms. The van der Waals surface area contributed by atoms with Crippen LogP contribution in [0.25, 0.3) is 0 Å². The fraction of sp³-hybridized carbons (Fsp3) is 0.455. The molecule has 0 saturated carbocycles. The molecular weight excluding hydrogens is 206 g/mol. The third-order valence-electron chi connectivity index (χ3n) is 1.95. The maximum absolute atomic E-state index is 5.15. The molecule has 0 aromatic carbocycles. The van der Waals surface area contributed by atoms with Gasteiger partial charge in [-0.2, -0.15) is 0 Å². The first-order valence-electron chi connectivity index (χ1n) is 5.13. The molecule has 0 bridgehead atoms. The summed E-state index contributed by atoms with van der Waals surface area (Å²) in [4.78, 5) is 3.93. The van der Waals surface area contributed by atoms with Gasteiger partial charge in [0.25, 0.3) is 0 Å². The van der Waals surface area contributed by atoms with E-state index in [9.17, 15) is 0 Å². The van der Waals surface area contributed by atoms with Gasteiger partial charge in [0.2, 0.25) is 0 Å². The number of hydrogen-bond acceptors (Lipinski definition) is 2. The number of thiocarbonyl (C=S) groups is 1. The van der Waals surface area contributed by atoms with Crippen LogP contribution in [0.5, 0.6) is 0 Å². The Balaban J connectivity index is 2.25. The van der Waals surface area contributed by atoms with Crippen LogP contribution in [0.1, 0.15) is 20.3 Å². The van der Waals surface area contributed by atoms with Gasteiger partial charge in [0.1, 0.15) is 0 Å². The summed E-state index contributed by atoms with van der Waals surface area (Å²) in [6.45, 7) is 5.30. The molecule has 0 spiro atoms. The molecule has 0 unspecified atom stereocenters. The topological polar surface area (TPSA) is 37.0 Å². The second-order valence-corrected chi connectivity index (χ2v) is 4.21. The summed E-state index contributed by atoms with van der Waals surface area (Å²) >= 11 is 5.15. The molecule has 0 aliphatic rings. The Morgan fingerprint density at radius 3 is 2.67 bits per heavy atom. The van der Waals surface area contributed by atoms with E-state index in [2.05, 4.69) is 29.5 Å². The Kier molecular flexibility index (Phi) is 5.04. The molecule has 82 valence electrons. The van der Waals surface area contributed by atoms with Crippen LogP contribution in [-0.4, -0.2) is 16.6 Å². The van der Waals surface area contributed by atoms with Crippen molar-refractivity contribution in [1.29, 1.82) is 0 Å². The second-order valence-electron chi connectivity index (χ2n) is 3.80. The van der Waals surface area contributed by atoms with Crippen molar-refractivity contribution in [2.24, 2.45) is 5.92 Å². The van der Waals surface area contributed by atoms with Crippen LogP contribution in [0.15, 0.2) is 24.5 Å². The van der Waals surface area contributed by atoms with Gasteiger partial charge in [-0.3, -0.25) is 4.98 Å². The van der Waals surface area contributed by atoms with Crippen LogP contribution < -0.4 is 10.6 Å². The lowest BCUT2D eigenvalue weighted by Crippen LogP contribution is -2.29. The molecule has 4 heteroatoms. The number of hydrogen-bond donors (Lipinski definition) is 2. The molecule has 1 heterocycles. The van der Waals surface area contributed by atoms with E-state index < -0.39 is 0 Å². The molecule has 0 aliphatic carbocycles. The minimum Gasteiger partial charge on any atom is -0.362 e. The summed E-state index contributed by atoms with van der Waals surface area (Å²) in [6, 6.07) is 3.77. The lowest BCUT2D eigenvalue weighted by atomic mass is 10.1. The van der Waals surface area contributed by atoms with Gasteiger partial charge >= 0.3 is 0 Å². The quantitative estimate of drug-likeness (QED) is 0.769. The lowest BCUT2D eigenvalue weighted by Gasteiger charge is -2.11. The van der Waals surface area contributed by atoms with Crippen LogP contribution >= 0.6 is 12.2 Å². The molecule has 0 amide bonds. The second kappa shape index (κ2) is 6.35. The number of anilines is 1. The van der Waals surface area contributed by atoms with Crippen molar-refractivity contribution in [3.63, 3.8) is 0 Å². The van der Waals surface area contributed by atoms with Crippen LogP contribution in [0.4, 0.5) is 5.69 Å². The Morgan fingerprint density at radius 2 is 2.07 bits per heavy atom. The van der Waals surface area contributed by atoms with Gasteiger partial charge in [-0.15, -0.1) is 0 Å². The summed E-state index contributed by atoms with van der Waals surface area (Å²) < 4.78 is 0. The summed E-state index contributed by atoms with van der Waals surface area (Å²) in [5.41, 5.74) is 0.965. The van der Waals surface area contributed by atoms with Crippen molar-refractivity contribution in [2.75, 3.05) is 11.9 Å². The van der Waals surface area contributed by atoms with Crippen molar-refractivity contribution in [3.8, 4) is 0 Å². The molecule has 0 fully saturated rings. The van der Waals surface area contributed by atoms with E-state index in [0.717, 1.165) is 18.7 Å². The predicted octanol–water partition coefficient (Wildman–Crippen LogP) is 2.41. The number of aromatic nitrogens is 1. The molecule has 1 aromatic rings. The van der Waals surface area contributed by atoms with Crippen molar-refractivity contribution in [1.82, 2.24) is 10.3 Å². The van der Waals surface area contributed by atoms with Gasteiger partial charge in [0.15, 0.2) is 5.11 Å². The van der Waals surface area contributed by atoms with Crippen molar-refractivity contribution in [2.45, 2.75) is 20.3 Å². The average molecular weight is 223 g/mol. The third-order valence-corrected chi connectivity index (χ3v) is 2.19. The minimum absolute atomic E-state index is 0.668. The molecular formula is C11H17N3S. The first-order chi connectivity index (χ1) is 7.18. The summed E-state index contributed by atoms with van der Waals surface area (Å²) in [6.07, 6.45) is 4.59. The van der Waals surface area contributed by atoms with Crippen LogP contribution in [0.2, 0.25) is 0 Å². The highest BCUT2D eigenvalue weighted by Crippen LogP contribution is 2.02. The Labute approximate surface area is 96.3 Å². The van der Waals surface area contributed by atoms with Crippen molar-refractivity contribution in [3.05, 3.63) is 24.5 Å². The van der Waals surface area contributed by atoms with Crippen LogP contribution in [0, 0.1) is 5.92 Å². The number of pyridine rings is 1. The van der Waals surface area contributed by atoms with Gasteiger partial charge < -0.3 is 10.6 Å². The molecule has 3 nitrogen and oxygen atoms in total. The summed E-state index contributed by atoms with van der Waals surface area (Å²) in [5.74, 6) is 0.696. The zero-order valence-electron chi connectivity index (χ0n) is 9.16. The standard InChI is InChI=1S/C11H17N3S/c1-9(2)3-8-13-11(15)14-10-4-6-12-7-5-10/h4-7,9H,3,8H2,1-2H3,(H2,12,13,14,15). The molecule has 2 N–H and O–H groups in total. The van der Waals surface area contributed by atoms with Crippen LogP contribution in [0.3, 0.4) is 0 Å². The smallest absolute Gasteiger partial charge is 0.170 e. The van der Waals surface area contributed by atoms with E-state index in [-0.39, 0.29) is 0 Å². The summed E-state index contributed by atoms with van der Waals surface area (Å²) in [7, 11) is 0. The molecule has 1 rings (SSSR count). The fourth-order valence-electron chi connectivity index (χ4n) is 1.08. The van der Waals surface area contributed by atoms with Crippen molar-refractivity contribution >= 4 is 23.0 Å². The zero-order chi connectivity index (χ0) is 11.1. The molecule has 0 radical (unpaired) electrons. The van der Waals surface area contributed by atoms with Gasteiger partial charge in [0, 0.05) is 24.6 Å². The largest absolute Gasteiger partial charge is 0.362 e. The zero-order valence-corrected chi connectivity index (χ0v) is 9.97. The van der Waals surface area contributed by atoms with E-state index >= 15 is 0 Å². The number of nitrogens with one attached hydrogen (secondary N) is 2. The maximum Gasteiger partial charge on any atom is 0.170 e. The minimum atomic E-state index is 0.668. The van der Waals surface area contributed by atoms with Gasteiger partial charge in [0.05, 0.1) is 0 Å². The van der Waals surface area contributed by atoms with E-state index in [4.69, 9.17) is 12.2 Å². The van der Waals surface area contributed by atoms with Crippen LogP contribution in [-0.2, 0) is 0 Å². The van der Waals surface area contributed by atoms with Gasteiger partial charge in [-0.05, 0) is 36.7 Å². The van der Waals surface area contributed by atoms with E-state index in [1.807, 2.05) is 12.1 Å². The first-order valence-corrected chi connectivity index (χ1v) is 5.54. The fourth-order valence-corrected chi connectivity index (χ4v) is 1.30. The predicted molar refractivity (Wildman–Crippen MR) is 67.9 cm³/mol. The maximum atomic E-state index is 5.15. The Hall–Kier alpha value is -1.16. The average Bonchev–Trinajstić information content (AvgIpc) is 2.18. The lowest BCUT2D eigenvalue weighted by molar-refractivity contribution is 0.579. The highest BCUT2D eigenvalue weighted by Gasteiger charge is 1.97. The number of nitrogens with zero attached hydrogens (tertiary/aromatic N) is 1. The van der Waals surface area contributed by atoms with E-state index in [0.29, 0.717) is 11.0 Å². The Morgan fingerprint density at radius 1 is 1.40 bits per heavy atom.